The molecule has 18 heavy (non-hydrogen) atoms. The van der Waals surface area contributed by atoms with Crippen LogP contribution in [0.3, 0.4) is 0 Å². The summed E-state index contributed by atoms with van der Waals surface area (Å²) in [4.78, 5) is 0. The highest BCUT2D eigenvalue weighted by Crippen LogP contribution is 2.40. The normalized spacial score (nSPS) is 21.9. The molecule has 2 heteroatoms. The third-order valence-corrected chi connectivity index (χ3v) is 3.68. The van der Waals surface area contributed by atoms with Crippen molar-refractivity contribution in [3.8, 4) is 11.1 Å². The van der Waals surface area contributed by atoms with Crippen LogP contribution in [0.25, 0.3) is 11.1 Å². The van der Waals surface area contributed by atoms with Crippen molar-refractivity contribution in [3.63, 3.8) is 0 Å². The monoisotopic (exact) mass is 241 g/mol. The minimum absolute atomic E-state index is 0.190. The van der Waals surface area contributed by atoms with Crippen molar-refractivity contribution in [2.24, 2.45) is 0 Å². The smallest absolute Gasteiger partial charge is 0.123 e. The molecule has 1 aliphatic carbocycles. The Kier molecular flexibility index (Phi) is 2.88. The van der Waals surface area contributed by atoms with E-state index < -0.39 is 0 Å². The van der Waals surface area contributed by atoms with Gasteiger partial charge in [0.05, 0.1) is 0 Å². The molecular formula is C16H16FN. The van der Waals surface area contributed by atoms with Gasteiger partial charge in [0.15, 0.2) is 0 Å². The van der Waals surface area contributed by atoms with E-state index in [1.807, 2.05) is 19.2 Å². The Morgan fingerprint density at radius 2 is 1.50 bits per heavy atom. The minimum Gasteiger partial charge on any atom is -0.316 e. The molecule has 0 bridgehead atoms. The Morgan fingerprint density at radius 3 is 2.00 bits per heavy atom. The predicted octanol–water partition coefficient (Wildman–Crippen LogP) is 3.57. The summed E-state index contributed by atoms with van der Waals surface area (Å²) in [5.41, 5.74) is 3.59. The van der Waals surface area contributed by atoms with Crippen molar-refractivity contribution in [1.29, 1.82) is 0 Å². The topological polar surface area (TPSA) is 12.0 Å². The maximum absolute atomic E-state index is 12.9. The molecule has 2 aromatic rings. The van der Waals surface area contributed by atoms with E-state index in [1.165, 1.54) is 24.1 Å². The fraction of sp³-hybridized carbons (Fsp3) is 0.250. The van der Waals surface area contributed by atoms with Crippen LogP contribution in [0.5, 0.6) is 0 Å². The van der Waals surface area contributed by atoms with Gasteiger partial charge in [-0.1, -0.05) is 36.4 Å². The van der Waals surface area contributed by atoms with Gasteiger partial charge in [-0.2, -0.15) is 0 Å². The summed E-state index contributed by atoms with van der Waals surface area (Å²) in [5, 5.41) is 3.30. The maximum Gasteiger partial charge on any atom is 0.123 e. The molecule has 92 valence electrons. The Bertz CT molecular complexity index is 530. The molecule has 2 unspecified atom stereocenters. The molecule has 0 spiro atoms. The van der Waals surface area contributed by atoms with Crippen LogP contribution < -0.4 is 5.32 Å². The third-order valence-electron chi connectivity index (χ3n) is 3.68. The van der Waals surface area contributed by atoms with E-state index in [0.29, 0.717) is 12.0 Å². The van der Waals surface area contributed by atoms with Gasteiger partial charge >= 0.3 is 0 Å². The quantitative estimate of drug-likeness (QED) is 0.866. The van der Waals surface area contributed by atoms with Gasteiger partial charge < -0.3 is 5.32 Å². The molecule has 1 fully saturated rings. The molecule has 0 aliphatic heterocycles. The summed E-state index contributed by atoms with van der Waals surface area (Å²) >= 11 is 0. The number of likely N-dealkylation sites (N-methyl/N-ethyl adjacent to an activating group) is 1. The summed E-state index contributed by atoms with van der Waals surface area (Å²) in [7, 11) is 2.01. The molecule has 0 amide bonds. The average Bonchev–Trinajstić information content (AvgIpc) is 3.19. The second kappa shape index (κ2) is 4.54. The van der Waals surface area contributed by atoms with Crippen LogP contribution in [0.15, 0.2) is 48.5 Å². The first-order chi connectivity index (χ1) is 8.78. The maximum atomic E-state index is 12.9. The van der Waals surface area contributed by atoms with Gasteiger partial charge in [-0.15, -0.1) is 0 Å². The van der Waals surface area contributed by atoms with Crippen molar-refractivity contribution in [1.82, 2.24) is 5.32 Å². The highest BCUT2D eigenvalue weighted by molar-refractivity contribution is 5.63. The van der Waals surface area contributed by atoms with Crippen molar-refractivity contribution >= 4 is 0 Å². The molecule has 3 rings (SSSR count). The molecule has 0 aromatic heterocycles. The number of benzene rings is 2. The van der Waals surface area contributed by atoms with Gasteiger partial charge in [-0.25, -0.2) is 4.39 Å². The Hall–Kier alpha value is -1.67. The third kappa shape index (κ3) is 2.16. The first kappa shape index (κ1) is 11.4. The molecule has 2 atom stereocenters. The van der Waals surface area contributed by atoms with Crippen LogP contribution >= 0.6 is 0 Å². The first-order valence-corrected chi connectivity index (χ1v) is 6.31. The number of rotatable bonds is 3. The summed E-state index contributed by atoms with van der Waals surface area (Å²) in [6.45, 7) is 0. The van der Waals surface area contributed by atoms with Gasteiger partial charge in [-0.05, 0) is 42.3 Å². The zero-order valence-corrected chi connectivity index (χ0v) is 10.4. The van der Waals surface area contributed by atoms with E-state index in [2.05, 4.69) is 29.6 Å². The van der Waals surface area contributed by atoms with Gasteiger partial charge in [-0.3, -0.25) is 0 Å². The lowest BCUT2D eigenvalue weighted by molar-refractivity contribution is 0.628. The van der Waals surface area contributed by atoms with E-state index in [9.17, 15) is 4.39 Å². The van der Waals surface area contributed by atoms with Gasteiger partial charge in [0.25, 0.3) is 0 Å². The fourth-order valence-corrected chi connectivity index (χ4v) is 2.45. The number of halogens is 1. The highest BCUT2D eigenvalue weighted by atomic mass is 19.1. The van der Waals surface area contributed by atoms with Gasteiger partial charge in [0.2, 0.25) is 0 Å². The number of hydrogen-bond acceptors (Lipinski definition) is 1. The number of nitrogens with one attached hydrogen (secondary N) is 1. The lowest BCUT2D eigenvalue weighted by Gasteiger charge is -2.04. The molecule has 1 saturated carbocycles. The Labute approximate surface area is 107 Å². The Morgan fingerprint density at radius 1 is 0.944 bits per heavy atom. The van der Waals surface area contributed by atoms with Crippen molar-refractivity contribution in [2.75, 3.05) is 7.05 Å². The van der Waals surface area contributed by atoms with Crippen LogP contribution in [0.2, 0.25) is 0 Å². The standard InChI is InChI=1S/C16H16FN/c1-18-16-10-15(16)13-4-2-11(3-5-13)12-6-8-14(17)9-7-12/h2-9,15-16,18H,10H2,1H3. The van der Waals surface area contributed by atoms with Crippen LogP contribution in [-0.2, 0) is 0 Å². The summed E-state index contributed by atoms with van der Waals surface area (Å²) < 4.78 is 12.9. The zero-order valence-electron chi connectivity index (χ0n) is 10.4. The van der Waals surface area contributed by atoms with Gasteiger partial charge in [0, 0.05) is 12.0 Å². The number of hydrogen-bond donors (Lipinski definition) is 1. The summed E-state index contributed by atoms with van der Waals surface area (Å²) in [6, 6.07) is 15.9. The van der Waals surface area contributed by atoms with E-state index in [1.54, 1.807) is 0 Å². The zero-order chi connectivity index (χ0) is 12.5. The lowest BCUT2D eigenvalue weighted by Crippen LogP contribution is -2.10. The molecular weight excluding hydrogens is 225 g/mol. The second-order valence-corrected chi connectivity index (χ2v) is 4.87. The van der Waals surface area contributed by atoms with Crippen LogP contribution in [0, 0.1) is 5.82 Å². The van der Waals surface area contributed by atoms with E-state index in [4.69, 9.17) is 0 Å². The molecule has 0 heterocycles. The molecule has 0 radical (unpaired) electrons. The SMILES string of the molecule is CNC1CC1c1ccc(-c2ccc(F)cc2)cc1. The fourth-order valence-electron chi connectivity index (χ4n) is 2.45. The van der Waals surface area contributed by atoms with E-state index in [0.717, 1.165) is 11.1 Å². The average molecular weight is 241 g/mol. The summed E-state index contributed by atoms with van der Waals surface area (Å²) in [6.07, 6.45) is 1.23. The Balaban J connectivity index is 1.81. The summed E-state index contributed by atoms with van der Waals surface area (Å²) in [5.74, 6) is 0.475. The molecule has 2 aromatic carbocycles. The predicted molar refractivity (Wildman–Crippen MR) is 72.0 cm³/mol. The molecule has 1 aliphatic rings. The van der Waals surface area contributed by atoms with E-state index in [-0.39, 0.29) is 5.82 Å². The van der Waals surface area contributed by atoms with Crippen molar-refractivity contribution < 1.29 is 4.39 Å². The minimum atomic E-state index is -0.190. The molecule has 1 nitrogen and oxygen atoms in total. The van der Waals surface area contributed by atoms with Crippen LogP contribution in [-0.4, -0.2) is 13.1 Å². The first-order valence-electron chi connectivity index (χ1n) is 6.31. The van der Waals surface area contributed by atoms with Crippen molar-refractivity contribution in [3.05, 3.63) is 59.9 Å². The largest absolute Gasteiger partial charge is 0.316 e. The van der Waals surface area contributed by atoms with Crippen molar-refractivity contribution in [2.45, 2.75) is 18.4 Å². The molecule has 1 N–H and O–H groups in total. The lowest BCUT2D eigenvalue weighted by atomic mass is 10.0. The van der Waals surface area contributed by atoms with Crippen LogP contribution in [0.4, 0.5) is 4.39 Å². The van der Waals surface area contributed by atoms with Crippen LogP contribution in [0.1, 0.15) is 17.9 Å². The van der Waals surface area contributed by atoms with Gasteiger partial charge in [0.1, 0.15) is 5.82 Å². The van der Waals surface area contributed by atoms with E-state index >= 15 is 0 Å². The molecule has 0 saturated heterocycles. The second-order valence-electron chi connectivity index (χ2n) is 4.87. The highest BCUT2D eigenvalue weighted by Gasteiger charge is 2.36.